The number of nitrogens with one attached hydrogen (secondary N) is 2. The van der Waals surface area contributed by atoms with E-state index in [4.69, 9.17) is 10.1 Å². The first-order chi connectivity index (χ1) is 18.5. The molecule has 2 aromatic carbocycles. The van der Waals surface area contributed by atoms with E-state index in [1.807, 2.05) is 0 Å². The lowest BCUT2D eigenvalue weighted by Crippen LogP contribution is -2.32. The summed E-state index contributed by atoms with van der Waals surface area (Å²) in [5.41, 5.74) is -0.806. The number of Topliss-reactive ketones (excluding diaryl/α,β-unsaturated/α-hetero) is 1. The number of rotatable bonds is 8. The summed E-state index contributed by atoms with van der Waals surface area (Å²) in [7, 11) is 1.45. The minimum absolute atomic E-state index is 0.0539. The van der Waals surface area contributed by atoms with Gasteiger partial charge in [-0.05, 0) is 42.2 Å². The normalized spacial score (nSPS) is 13.1. The van der Waals surface area contributed by atoms with Gasteiger partial charge in [-0.25, -0.2) is 9.59 Å². The molecule has 0 saturated heterocycles. The van der Waals surface area contributed by atoms with Gasteiger partial charge in [0.25, 0.3) is 5.91 Å². The van der Waals surface area contributed by atoms with Crippen molar-refractivity contribution in [2.45, 2.75) is 45.8 Å². The lowest BCUT2D eigenvalue weighted by Gasteiger charge is -2.25. The predicted molar refractivity (Wildman–Crippen MR) is 136 cm³/mol. The zero-order chi connectivity index (χ0) is 30.2. The highest BCUT2D eigenvalue weighted by atomic mass is 19.4. The van der Waals surface area contributed by atoms with Crippen molar-refractivity contribution in [2.75, 3.05) is 20.2 Å². The van der Waals surface area contributed by atoms with E-state index in [9.17, 15) is 37.5 Å². The smallest absolute Gasteiger partial charge is 0.491 e. The number of benzene rings is 2. The van der Waals surface area contributed by atoms with E-state index in [1.54, 1.807) is 33.8 Å². The van der Waals surface area contributed by atoms with Gasteiger partial charge < -0.3 is 24.8 Å². The first-order valence-corrected chi connectivity index (χ1v) is 12.1. The minimum Gasteiger partial charge on any atom is -0.493 e. The second-order valence-electron chi connectivity index (χ2n) is 9.99. The topological polar surface area (TPSA) is 146 Å². The van der Waals surface area contributed by atoms with E-state index in [0.717, 1.165) is 6.07 Å². The molecule has 0 aliphatic carbocycles. The molecule has 10 nitrogen and oxygen atoms in total. The number of carboxylic acid groups (broad SMARTS) is 1. The number of ketones is 1. The van der Waals surface area contributed by atoms with E-state index in [2.05, 4.69) is 10.1 Å². The number of fused-ring (bicyclic) bond motifs is 1. The number of hydrogen-bond acceptors (Lipinski definition) is 7. The predicted octanol–water partition coefficient (Wildman–Crippen LogP) is 3.93. The number of halogens is 3. The van der Waals surface area contributed by atoms with Crippen LogP contribution in [0.2, 0.25) is 0 Å². The number of esters is 1. The van der Waals surface area contributed by atoms with E-state index in [0.29, 0.717) is 23.5 Å². The summed E-state index contributed by atoms with van der Waals surface area (Å²) in [5.74, 6) is -5.88. The second-order valence-corrected chi connectivity index (χ2v) is 9.99. The number of hydrogen-bond donors (Lipinski definition) is 3. The molecular formula is C27H28F3N3O7. The van der Waals surface area contributed by atoms with Crippen LogP contribution in [0, 0.1) is 5.41 Å². The maximum atomic E-state index is 13.3. The summed E-state index contributed by atoms with van der Waals surface area (Å²) in [6.07, 6.45) is -5.37. The molecule has 0 bridgehead atoms. The third kappa shape index (κ3) is 6.08. The first kappa shape index (κ1) is 30.1. The number of alkyl halides is 3. The Bertz CT molecular complexity index is 1410. The maximum Gasteiger partial charge on any atom is 0.491 e. The van der Waals surface area contributed by atoms with Crippen molar-refractivity contribution >= 4 is 29.5 Å². The molecule has 1 heterocycles. The molecule has 1 aliphatic rings. The summed E-state index contributed by atoms with van der Waals surface area (Å²) in [6, 6.07) is 5.16. The molecular weight excluding hydrogens is 535 g/mol. The number of aromatic carboxylic acids is 1. The third-order valence-corrected chi connectivity index (χ3v) is 6.12. The Balaban J connectivity index is 1.99. The molecule has 0 spiro atoms. The van der Waals surface area contributed by atoms with E-state index < -0.39 is 46.5 Å². The van der Waals surface area contributed by atoms with Crippen molar-refractivity contribution in [3.63, 3.8) is 0 Å². The monoisotopic (exact) mass is 563 g/mol. The van der Waals surface area contributed by atoms with Crippen molar-refractivity contribution in [3.8, 4) is 11.5 Å². The molecule has 0 aromatic heterocycles. The van der Waals surface area contributed by atoms with Crippen LogP contribution in [-0.2, 0) is 16.8 Å². The lowest BCUT2D eigenvalue weighted by atomic mass is 9.83. The number of nitrogens with zero attached hydrogens (tertiary/aromatic N) is 1. The molecule has 1 amide bonds. The molecule has 3 rings (SSSR count). The molecule has 0 fully saturated rings. The van der Waals surface area contributed by atoms with Crippen LogP contribution >= 0.6 is 0 Å². The highest BCUT2D eigenvalue weighted by molar-refractivity contribution is 6.08. The molecule has 0 atom stereocenters. The summed E-state index contributed by atoms with van der Waals surface area (Å²) >= 11 is 0. The van der Waals surface area contributed by atoms with Gasteiger partial charge >= 0.3 is 18.1 Å². The average molecular weight is 564 g/mol. The number of amidine groups is 1. The van der Waals surface area contributed by atoms with E-state index in [-0.39, 0.29) is 35.6 Å². The summed E-state index contributed by atoms with van der Waals surface area (Å²) in [5, 5.41) is 20.8. The van der Waals surface area contributed by atoms with Gasteiger partial charge in [0.1, 0.15) is 22.9 Å². The molecule has 0 radical (unpaired) electrons. The van der Waals surface area contributed by atoms with Crippen LogP contribution in [-0.4, -0.2) is 65.8 Å². The molecule has 1 aliphatic heterocycles. The zero-order valence-corrected chi connectivity index (χ0v) is 22.4. The van der Waals surface area contributed by atoms with Crippen molar-refractivity contribution in [3.05, 3.63) is 57.6 Å². The lowest BCUT2D eigenvalue weighted by molar-refractivity contribution is -0.189. The van der Waals surface area contributed by atoms with Crippen LogP contribution in [0.15, 0.2) is 24.3 Å². The fraction of sp³-hybridized carbons (Fsp3) is 0.370. The molecule has 3 N–H and O–H groups in total. The van der Waals surface area contributed by atoms with Crippen molar-refractivity contribution in [1.29, 1.82) is 5.41 Å². The van der Waals surface area contributed by atoms with Crippen molar-refractivity contribution in [1.82, 2.24) is 10.2 Å². The van der Waals surface area contributed by atoms with Gasteiger partial charge in [0.2, 0.25) is 0 Å². The SMILES string of the molecule is CCOc1cc2c(cc1C(=O)NC)C(=N)N(CC(=O)c1cc(C(=O)O)c(OC(=O)C(F)(F)F)c(C(C)(C)C)c1)C2. The molecule has 40 heavy (non-hydrogen) atoms. The van der Waals surface area contributed by atoms with Crippen LogP contribution < -0.4 is 14.8 Å². The van der Waals surface area contributed by atoms with Crippen LogP contribution in [0.4, 0.5) is 13.2 Å². The van der Waals surface area contributed by atoms with Gasteiger partial charge in [0.15, 0.2) is 5.78 Å². The fourth-order valence-corrected chi connectivity index (χ4v) is 4.18. The summed E-state index contributed by atoms with van der Waals surface area (Å²) < 4.78 is 48.8. The van der Waals surface area contributed by atoms with Gasteiger partial charge in [-0.2, -0.15) is 13.2 Å². The number of ether oxygens (including phenoxy) is 2. The van der Waals surface area contributed by atoms with Gasteiger partial charge in [0.05, 0.1) is 18.7 Å². The Kier molecular flexibility index (Phi) is 8.27. The Morgan fingerprint density at radius 2 is 1.73 bits per heavy atom. The Hall–Kier alpha value is -4.42. The van der Waals surface area contributed by atoms with Gasteiger partial charge in [-0.3, -0.25) is 15.0 Å². The van der Waals surface area contributed by atoms with Gasteiger partial charge in [0, 0.05) is 30.3 Å². The molecule has 2 aromatic rings. The third-order valence-electron chi connectivity index (χ3n) is 6.12. The molecule has 214 valence electrons. The van der Waals surface area contributed by atoms with Crippen LogP contribution in [0.5, 0.6) is 11.5 Å². The first-order valence-electron chi connectivity index (χ1n) is 12.1. The number of carbonyl (C=O) groups excluding carboxylic acids is 3. The highest BCUT2D eigenvalue weighted by Gasteiger charge is 2.43. The van der Waals surface area contributed by atoms with Crippen LogP contribution in [0.1, 0.15) is 75.5 Å². The zero-order valence-electron chi connectivity index (χ0n) is 22.4. The number of carboxylic acids is 1. The van der Waals surface area contributed by atoms with Crippen LogP contribution in [0.25, 0.3) is 0 Å². The summed E-state index contributed by atoms with van der Waals surface area (Å²) in [6.45, 7) is 6.45. The fourth-order valence-electron chi connectivity index (χ4n) is 4.18. The second kappa shape index (κ2) is 11.0. The van der Waals surface area contributed by atoms with E-state index in [1.165, 1.54) is 24.1 Å². The standard InChI is InChI=1S/C27H28F3N3O7/c1-6-39-20-9-14-11-33(22(31)15(14)10-16(20)23(35)32-5)12-19(34)13-7-17(24(36)37)21(18(8-13)26(2,3)4)40-25(38)27(28,29)30/h7-10,31H,6,11-12H2,1-5H3,(H,32,35)(H,36,37). The average Bonchev–Trinajstić information content (AvgIpc) is 3.15. The van der Waals surface area contributed by atoms with Crippen molar-refractivity contribution < 1.29 is 46.9 Å². The Labute approximate surface area is 227 Å². The van der Waals surface area contributed by atoms with Crippen LogP contribution in [0.3, 0.4) is 0 Å². The van der Waals surface area contributed by atoms with Gasteiger partial charge in [-0.1, -0.05) is 20.8 Å². The Morgan fingerprint density at radius 3 is 2.25 bits per heavy atom. The molecule has 0 unspecified atom stereocenters. The van der Waals surface area contributed by atoms with E-state index >= 15 is 0 Å². The molecule has 0 saturated carbocycles. The van der Waals surface area contributed by atoms with Crippen molar-refractivity contribution in [2.24, 2.45) is 0 Å². The Morgan fingerprint density at radius 1 is 1.07 bits per heavy atom. The number of amides is 1. The maximum absolute atomic E-state index is 13.3. The quantitative estimate of drug-likeness (QED) is 0.249. The molecule has 13 heteroatoms. The largest absolute Gasteiger partial charge is 0.493 e. The van der Waals surface area contributed by atoms with Gasteiger partial charge in [-0.15, -0.1) is 0 Å². The highest BCUT2D eigenvalue weighted by Crippen LogP contribution is 2.37. The minimum atomic E-state index is -5.37. The summed E-state index contributed by atoms with van der Waals surface area (Å²) in [4.78, 5) is 50.6. The number of carbonyl (C=O) groups is 4.